The van der Waals surface area contributed by atoms with Gasteiger partial charge in [-0.05, 0) is 18.1 Å². The first kappa shape index (κ1) is 11.4. The Kier molecular flexibility index (Phi) is 3.86. The monoisotopic (exact) mass is 214 g/mol. The van der Waals surface area contributed by atoms with Gasteiger partial charge >= 0.3 is 0 Å². The number of nitrogens with zero attached hydrogens (tertiary/aromatic N) is 1. The fourth-order valence-electron chi connectivity index (χ4n) is 1.20. The lowest BCUT2D eigenvalue weighted by molar-refractivity contribution is 0.149. The highest BCUT2D eigenvalue weighted by atomic mass is 35.5. The summed E-state index contributed by atoms with van der Waals surface area (Å²) in [6.07, 6.45) is 3.96. The van der Waals surface area contributed by atoms with Crippen LogP contribution < -0.4 is 5.73 Å². The van der Waals surface area contributed by atoms with Crippen molar-refractivity contribution in [3.63, 3.8) is 0 Å². The molecule has 1 heterocycles. The number of pyridine rings is 1. The first-order valence-corrected chi connectivity index (χ1v) is 4.88. The Labute approximate surface area is 88.9 Å². The molecule has 4 heteroatoms. The van der Waals surface area contributed by atoms with E-state index < -0.39 is 0 Å². The van der Waals surface area contributed by atoms with Crippen molar-refractivity contribution in [3.05, 3.63) is 29.0 Å². The second-order valence-corrected chi connectivity index (χ2v) is 4.22. The Hall–Kier alpha value is -0.640. The fraction of sp³-hybridized carbons (Fsp3) is 0.500. The van der Waals surface area contributed by atoms with Gasteiger partial charge in [0.25, 0.3) is 0 Å². The summed E-state index contributed by atoms with van der Waals surface area (Å²) >= 11 is 5.96. The molecule has 1 unspecified atom stereocenters. The number of aliphatic hydroxyl groups is 1. The van der Waals surface area contributed by atoms with E-state index in [9.17, 15) is 5.11 Å². The van der Waals surface area contributed by atoms with Gasteiger partial charge in [-0.1, -0.05) is 18.5 Å². The van der Waals surface area contributed by atoms with Crippen LogP contribution >= 0.6 is 11.6 Å². The Morgan fingerprint density at radius 1 is 1.64 bits per heavy atom. The van der Waals surface area contributed by atoms with Crippen LogP contribution in [0.3, 0.4) is 0 Å². The summed E-state index contributed by atoms with van der Waals surface area (Å²) in [5, 5.41) is 9.82. The predicted molar refractivity (Wildman–Crippen MR) is 57.2 cm³/mol. The number of nitrogens with two attached hydrogens (primary N) is 1. The largest absolute Gasteiger partial charge is 0.396 e. The Morgan fingerprint density at radius 3 is 2.86 bits per heavy atom. The first-order chi connectivity index (χ1) is 6.61. The molecule has 0 spiro atoms. The Morgan fingerprint density at radius 2 is 2.36 bits per heavy atom. The third-order valence-corrected chi connectivity index (χ3v) is 2.69. The van der Waals surface area contributed by atoms with Gasteiger partial charge < -0.3 is 10.8 Å². The fourth-order valence-corrected chi connectivity index (χ4v) is 1.39. The van der Waals surface area contributed by atoms with Crippen LogP contribution in [0, 0.1) is 5.41 Å². The molecule has 0 radical (unpaired) electrons. The average Bonchev–Trinajstić information content (AvgIpc) is 2.21. The zero-order valence-corrected chi connectivity index (χ0v) is 8.96. The molecule has 0 fully saturated rings. The second kappa shape index (κ2) is 4.73. The van der Waals surface area contributed by atoms with Gasteiger partial charge in [-0.15, -0.1) is 0 Å². The lowest BCUT2D eigenvalue weighted by atomic mass is 9.85. The van der Waals surface area contributed by atoms with Crippen LogP contribution in [0.25, 0.3) is 0 Å². The van der Waals surface area contributed by atoms with Crippen LogP contribution in [-0.4, -0.2) is 23.2 Å². The maximum atomic E-state index is 9.20. The maximum absolute atomic E-state index is 9.20. The van der Waals surface area contributed by atoms with Gasteiger partial charge in [0.05, 0.1) is 5.02 Å². The van der Waals surface area contributed by atoms with E-state index in [1.165, 1.54) is 0 Å². The molecule has 0 saturated heterocycles. The van der Waals surface area contributed by atoms with Crippen LogP contribution in [0.5, 0.6) is 0 Å². The number of hydrogen-bond donors (Lipinski definition) is 2. The molecule has 0 amide bonds. The highest BCUT2D eigenvalue weighted by Gasteiger charge is 2.22. The minimum Gasteiger partial charge on any atom is -0.396 e. The zero-order valence-electron chi connectivity index (χ0n) is 8.20. The molecule has 0 aliphatic heterocycles. The molecular weight excluding hydrogens is 200 g/mol. The highest BCUT2D eigenvalue weighted by Crippen LogP contribution is 2.24. The summed E-state index contributed by atoms with van der Waals surface area (Å²) in [5.74, 6) is 0. The number of halogens is 1. The topological polar surface area (TPSA) is 59.1 Å². The molecular formula is C10H15ClN2O. The van der Waals surface area contributed by atoms with Gasteiger partial charge in [-0.2, -0.15) is 0 Å². The normalized spacial score (nSPS) is 15.1. The Balaban J connectivity index is 2.82. The minimum absolute atomic E-state index is 0.0577. The van der Waals surface area contributed by atoms with E-state index in [2.05, 4.69) is 4.98 Å². The molecule has 0 saturated carbocycles. The van der Waals surface area contributed by atoms with E-state index in [0.29, 0.717) is 18.0 Å². The summed E-state index contributed by atoms with van der Waals surface area (Å²) in [6.45, 7) is 2.42. The smallest absolute Gasteiger partial charge is 0.0621 e. The van der Waals surface area contributed by atoms with Crippen molar-refractivity contribution in [1.82, 2.24) is 4.98 Å². The van der Waals surface area contributed by atoms with E-state index in [-0.39, 0.29) is 12.0 Å². The predicted octanol–water partition coefficient (Wildman–Crippen LogP) is 1.23. The molecule has 78 valence electrons. The molecule has 0 aliphatic rings. The summed E-state index contributed by atoms with van der Waals surface area (Å²) < 4.78 is 0. The quantitative estimate of drug-likeness (QED) is 0.793. The van der Waals surface area contributed by atoms with Crippen molar-refractivity contribution in [2.45, 2.75) is 13.3 Å². The molecule has 0 bridgehead atoms. The third kappa shape index (κ3) is 2.67. The number of hydrogen-bond acceptors (Lipinski definition) is 3. The summed E-state index contributed by atoms with van der Waals surface area (Å²) in [6, 6.07) is 1.85. The van der Waals surface area contributed by atoms with Crippen LogP contribution in [0.2, 0.25) is 5.02 Å². The van der Waals surface area contributed by atoms with E-state index in [0.717, 1.165) is 5.56 Å². The number of rotatable bonds is 4. The molecule has 14 heavy (non-hydrogen) atoms. The third-order valence-electron chi connectivity index (χ3n) is 2.35. The van der Waals surface area contributed by atoms with Gasteiger partial charge in [-0.3, -0.25) is 4.98 Å². The zero-order chi connectivity index (χ0) is 10.6. The minimum atomic E-state index is -0.301. The number of aromatic nitrogens is 1. The lowest BCUT2D eigenvalue weighted by Gasteiger charge is -2.25. The standard InChI is InChI=1S/C10H15ClN2O/c1-10(6-12,7-14)4-8-2-3-13-5-9(8)11/h2-3,5,14H,4,6-7,12H2,1H3. The molecule has 3 N–H and O–H groups in total. The van der Waals surface area contributed by atoms with Crippen molar-refractivity contribution in [3.8, 4) is 0 Å². The van der Waals surface area contributed by atoms with Gasteiger partial charge in [-0.25, -0.2) is 0 Å². The van der Waals surface area contributed by atoms with Crippen molar-refractivity contribution in [2.75, 3.05) is 13.2 Å². The first-order valence-electron chi connectivity index (χ1n) is 4.50. The van der Waals surface area contributed by atoms with E-state index in [1.807, 2.05) is 13.0 Å². The van der Waals surface area contributed by atoms with E-state index >= 15 is 0 Å². The maximum Gasteiger partial charge on any atom is 0.0621 e. The molecule has 1 atom stereocenters. The lowest BCUT2D eigenvalue weighted by Crippen LogP contribution is -2.33. The van der Waals surface area contributed by atoms with Gasteiger partial charge in [0.15, 0.2) is 0 Å². The van der Waals surface area contributed by atoms with Crippen LogP contribution in [0.15, 0.2) is 18.5 Å². The van der Waals surface area contributed by atoms with E-state index in [1.54, 1.807) is 12.4 Å². The molecule has 1 aromatic rings. The van der Waals surface area contributed by atoms with Gasteiger partial charge in [0.1, 0.15) is 0 Å². The van der Waals surface area contributed by atoms with Crippen molar-refractivity contribution in [1.29, 1.82) is 0 Å². The van der Waals surface area contributed by atoms with Gasteiger partial charge in [0.2, 0.25) is 0 Å². The highest BCUT2D eigenvalue weighted by molar-refractivity contribution is 6.31. The SMILES string of the molecule is CC(CN)(CO)Cc1ccncc1Cl. The van der Waals surface area contributed by atoms with Crippen LogP contribution in [0.1, 0.15) is 12.5 Å². The van der Waals surface area contributed by atoms with Crippen molar-refractivity contribution >= 4 is 11.6 Å². The molecule has 1 rings (SSSR count). The van der Waals surface area contributed by atoms with Gasteiger partial charge in [0, 0.05) is 31.0 Å². The molecule has 3 nitrogen and oxygen atoms in total. The molecule has 0 aromatic carbocycles. The Bertz CT molecular complexity index is 300. The molecule has 0 aliphatic carbocycles. The van der Waals surface area contributed by atoms with Crippen LogP contribution in [0.4, 0.5) is 0 Å². The number of aliphatic hydroxyl groups excluding tert-OH is 1. The van der Waals surface area contributed by atoms with Crippen LogP contribution in [-0.2, 0) is 6.42 Å². The molecule has 1 aromatic heterocycles. The van der Waals surface area contributed by atoms with Crippen molar-refractivity contribution in [2.24, 2.45) is 11.1 Å². The van der Waals surface area contributed by atoms with E-state index in [4.69, 9.17) is 17.3 Å². The summed E-state index contributed by atoms with van der Waals surface area (Å²) in [7, 11) is 0. The second-order valence-electron chi connectivity index (χ2n) is 3.82. The summed E-state index contributed by atoms with van der Waals surface area (Å²) in [5.41, 5.74) is 6.27. The van der Waals surface area contributed by atoms with Crippen molar-refractivity contribution < 1.29 is 5.11 Å². The summed E-state index contributed by atoms with van der Waals surface area (Å²) in [4.78, 5) is 3.90. The average molecular weight is 215 g/mol.